The lowest BCUT2D eigenvalue weighted by Crippen LogP contribution is -2.31. The zero-order chi connectivity index (χ0) is 20.9. The Morgan fingerprint density at radius 2 is 1.79 bits per heavy atom. The second-order valence-corrected chi connectivity index (χ2v) is 9.02. The van der Waals surface area contributed by atoms with Crippen molar-refractivity contribution in [3.05, 3.63) is 59.7 Å². The van der Waals surface area contributed by atoms with Gasteiger partial charge in [0.2, 0.25) is 10.0 Å². The van der Waals surface area contributed by atoms with E-state index in [0.717, 1.165) is 24.1 Å². The Morgan fingerprint density at radius 3 is 2.38 bits per heavy atom. The van der Waals surface area contributed by atoms with Gasteiger partial charge in [0.1, 0.15) is 0 Å². The van der Waals surface area contributed by atoms with Crippen LogP contribution < -0.4 is 14.9 Å². The van der Waals surface area contributed by atoms with Gasteiger partial charge in [0.05, 0.1) is 11.0 Å². The summed E-state index contributed by atoms with van der Waals surface area (Å²) >= 11 is 0. The fourth-order valence-corrected chi connectivity index (χ4v) is 4.14. The van der Waals surface area contributed by atoms with Crippen molar-refractivity contribution in [2.75, 3.05) is 32.1 Å². The second kappa shape index (κ2) is 9.39. The second-order valence-electron chi connectivity index (χ2n) is 7.25. The monoisotopic (exact) mass is 417 g/mol. The fourth-order valence-electron chi connectivity index (χ4n) is 3.07. The first-order chi connectivity index (χ1) is 13.8. The molecule has 0 aromatic heterocycles. The first kappa shape index (κ1) is 21.3. The highest BCUT2D eigenvalue weighted by molar-refractivity contribution is 7.89. The third-order valence-electron chi connectivity index (χ3n) is 4.86. The maximum absolute atomic E-state index is 12.4. The number of sulfonamides is 1. The lowest BCUT2D eigenvalue weighted by molar-refractivity contribution is 0.0951. The molecule has 8 heteroatoms. The van der Waals surface area contributed by atoms with E-state index in [2.05, 4.69) is 10.0 Å². The van der Waals surface area contributed by atoms with E-state index in [1.165, 1.54) is 24.3 Å². The summed E-state index contributed by atoms with van der Waals surface area (Å²) in [5.74, 6) is -0.252. The van der Waals surface area contributed by atoms with Crippen LogP contribution in [0.3, 0.4) is 0 Å². The Hall–Kier alpha value is -2.42. The van der Waals surface area contributed by atoms with Crippen LogP contribution in [0.4, 0.5) is 5.69 Å². The topological polar surface area (TPSA) is 87.7 Å². The van der Waals surface area contributed by atoms with E-state index in [1.54, 1.807) is 0 Å². The Bertz CT molecular complexity index is 919. The van der Waals surface area contributed by atoms with Gasteiger partial charge in [-0.05, 0) is 54.8 Å². The molecule has 2 aromatic rings. The molecule has 0 spiro atoms. The van der Waals surface area contributed by atoms with Gasteiger partial charge in [-0.25, -0.2) is 13.1 Å². The summed E-state index contributed by atoms with van der Waals surface area (Å²) in [7, 11) is 0.319. The van der Waals surface area contributed by atoms with Crippen LogP contribution in [-0.2, 0) is 21.3 Å². The van der Waals surface area contributed by atoms with Gasteiger partial charge in [-0.2, -0.15) is 0 Å². The molecule has 1 aliphatic rings. The number of hydrogen-bond acceptors (Lipinski definition) is 5. The lowest BCUT2D eigenvalue weighted by atomic mass is 10.2. The molecule has 1 amide bonds. The molecule has 0 saturated carbocycles. The molecule has 7 nitrogen and oxygen atoms in total. The Balaban J connectivity index is 1.55. The van der Waals surface area contributed by atoms with E-state index in [1.807, 2.05) is 43.3 Å². The Morgan fingerprint density at radius 1 is 1.10 bits per heavy atom. The first-order valence-electron chi connectivity index (χ1n) is 9.61. The number of amides is 1. The number of nitrogens with one attached hydrogen (secondary N) is 2. The van der Waals surface area contributed by atoms with Crippen LogP contribution in [0.1, 0.15) is 28.8 Å². The summed E-state index contributed by atoms with van der Waals surface area (Å²) in [5.41, 5.74) is 2.49. The van der Waals surface area contributed by atoms with Crippen LogP contribution in [0, 0.1) is 0 Å². The van der Waals surface area contributed by atoms with Crippen LogP contribution in [-0.4, -0.2) is 47.7 Å². The highest BCUT2D eigenvalue weighted by Gasteiger charge is 2.20. The minimum absolute atomic E-state index is 0.0679. The zero-order valence-corrected chi connectivity index (χ0v) is 17.5. The van der Waals surface area contributed by atoms with E-state index in [9.17, 15) is 13.2 Å². The van der Waals surface area contributed by atoms with Crippen molar-refractivity contribution in [1.82, 2.24) is 10.0 Å². The maximum atomic E-state index is 12.4. The summed E-state index contributed by atoms with van der Waals surface area (Å²) in [5, 5.41) is 2.85. The van der Waals surface area contributed by atoms with Crippen molar-refractivity contribution in [1.29, 1.82) is 0 Å². The summed E-state index contributed by atoms with van der Waals surface area (Å²) in [6, 6.07) is 13.8. The summed E-state index contributed by atoms with van der Waals surface area (Å²) in [6.07, 6.45) is 1.75. The molecule has 1 fully saturated rings. The molecule has 2 N–H and O–H groups in total. The van der Waals surface area contributed by atoms with Crippen molar-refractivity contribution in [2.24, 2.45) is 0 Å². The van der Waals surface area contributed by atoms with Gasteiger partial charge in [-0.3, -0.25) is 4.79 Å². The number of benzene rings is 2. The standard InChI is InChI=1S/C21H27N3O4S/c1-24(2)18-9-5-16(6-10-18)14-22-21(25)17-7-11-20(12-8-17)29(26,27)23-15-19-4-3-13-28-19/h5-12,19,23H,3-4,13-15H2,1-2H3,(H,22,25)/t19-/m1/s1. The Kier molecular flexibility index (Phi) is 6.89. The van der Waals surface area contributed by atoms with E-state index in [-0.39, 0.29) is 23.5 Å². The molecule has 1 atom stereocenters. The number of anilines is 1. The highest BCUT2D eigenvalue weighted by Crippen LogP contribution is 2.15. The quantitative estimate of drug-likeness (QED) is 0.687. The van der Waals surface area contributed by atoms with E-state index >= 15 is 0 Å². The highest BCUT2D eigenvalue weighted by atomic mass is 32.2. The van der Waals surface area contributed by atoms with Gasteiger partial charge >= 0.3 is 0 Å². The number of carbonyl (C=O) groups is 1. The maximum Gasteiger partial charge on any atom is 0.251 e. The van der Waals surface area contributed by atoms with Gasteiger partial charge in [-0.15, -0.1) is 0 Å². The fraction of sp³-hybridized carbons (Fsp3) is 0.381. The normalized spacial score (nSPS) is 16.6. The molecule has 1 aliphatic heterocycles. The summed E-state index contributed by atoms with van der Waals surface area (Å²) in [4.78, 5) is 14.5. The van der Waals surface area contributed by atoms with Gasteiger partial charge < -0.3 is 15.0 Å². The van der Waals surface area contributed by atoms with Crippen molar-refractivity contribution >= 4 is 21.6 Å². The number of ether oxygens (including phenoxy) is 1. The predicted molar refractivity (Wildman–Crippen MR) is 113 cm³/mol. The SMILES string of the molecule is CN(C)c1ccc(CNC(=O)c2ccc(S(=O)(=O)NC[C@H]3CCCO3)cc2)cc1. The van der Waals surface area contributed by atoms with E-state index < -0.39 is 10.0 Å². The molecule has 0 bridgehead atoms. The Labute approximate surface area is 172 Å². The molecule has 156 valence electrons. The number of hydrogen-bond donors (Lipinski definition) is 2. The van der Waals surface area contributed by atoms with Crippen molar-refractivity contribution < 1.29 is 17.9 Å². The minimum Gasteiger partial charge on any atom is -0.378 e. The third-order valence-corrected chi connectivity index (χ3v) is 6.30. The summed E-state index contributed by atoms with van der Waals surface area (Å²) < 4.78 is 32.8. The molecule has 0 aliphatic carbocycles. The van der Waals surface area contributed by atoms with Crippen LogP contribution in [0.25, 0.3) is 0 Å². The molecule has 3 rings (SSSR count). The van der Waals surface area contributed by atoms with Crippen LogP contribution in [0.2, 0.25) is 0 Å². The number of nitrogens with zero attached hydrogens (tertiary/aromatic N) is 1. The molecular formula is C21H27N3O4S. The largest absolute Gasteiger partial charge is 0.378 e. The minimum atomic E-state index is -3.62. The molecule has 0 unspecified atom stereocenters. The van der Waals surface area contributed by atoms with Crippen molar-refractivity contribution in [3.8, 4) is 0 Å². The smallest absolute Gasteiger partial charge is 0.251 e. The predicted octanol–water partition coefficient (Wildman–Crippen LogP) is 2.14. The van der Waals surface area contributed by atoms with Crippen molar-refractivity contribution in [2.45, 2.75) is 30.4 Å². The van der Waals surface area contributed by atoms with E-state index in [0.29, 0.717) is 18.7 Å². The van der Waals surface area contributed by atoms with Gasteiger partial charge in [0, 0.05) is 45.0 Å². The molecule has 0 radical (unpaired) electrons. The molecular weight excluding hydrogens is 390 g/mol. The van der Waals surface area contributed by atoms with Crippen LogP contribution >= 0.6 is 0 Å². The molecule has 1 saturated heterocycles. The van der Waals surface area contributed by atoms with Crippen molar-refractivity contribution in [3.63, 3.8) is 0 Å². The average Bonchev–Trinajstić information content (AvgIpc) is 3.25. The lowest BCUT2D eigenvalue weighted by Gasteiger charge is -2.13. The van der Waals surface area contributed by atoms with Gasteiger partial charge in [0.15, 0.2) is 0 Å². The van der Waals surface area contributed by atoms with Crippen LogP contribution in [0.5, 0.6) is 0 Å². The molecule has 29 heavy (non-hydrogen) atoms. The van der Waals surface area contributed by atoms with Gasteiger partial charge in [0.25, 0.3) is 5.91 Å². The molecule has 1 heterocycles. The van der Waals surface area contributed by atoms with Crippen LogP contribution in [0.15, 0.2) is 53.4 Å². The zero-order valence-electron chi connectivity index (χ0n) is 16.7. The first-order valence-corrected chi connectivity index (χ1v) is 11.1. The third kappa shape index (κ3) is 5.79. The van der Waals surface area contributed by atoms with E-state index in [4.69, 9.17) is 4.74 Å². The molecule has 2 aromatic carbocycles. The average molecular weight is 418 g/mol. The summed E-state index contributed by atoms with van der Waals surface area (Å²) in [6.45, 7) is 1.34. The number of carbonyl (C=O) groups excluding carboxylic acids is 1. The number of rotatable bonds is 8. The van der Waals surface area contributed by atoms with Gasteiger partial charge in [-0.1, -0.05) is 12.1 Å².